The van der Waals surface area contributed by atoms with E-state index in [1.165, 1.54) is 45.1 Å². The van der Waals surface area contributed by atoms with Crippen LogP contribution < -0.4 is 5.32 Å². The van der Waals surface area contributed by atoms with Crippen molar-refractivity contribution in [2.45, 2.75) is 64.0 Å². The predicted molar refractivity (Wildman–Crippen MR) is 70.0 cm³/mol. The smallest absolute Gasteiger partial charge is 0.0641 e. The molecule has 3 rings (SSSR count). The molecule has 1 N–H and O–H groups in total. The van der Waals surface area contributed by atoms with E-state index in [1.54, 1.807) is 0 Å². The molecule has 1 saturated heterocycles. The summed E-state index contributed by atoms with van der Waals surface area (Å²) >= 11 is 0. The average molecular weight is 237 g/mol. The van der Waals surface area contributed by atoms with Crippen LogP contribution in [0.1, 0.15) is 52.4 Å². The van der Waals surface area contributed by atoms with E-state index in [0.717, 1.165) is 24.4 Å². The molecule has 2 nitrogen and oxygen atoms in total. The second-order valence-corrected chi connectivity index (χ2v) is 7.04. The number of hydrogen-bond acceptors (Lipinski definition) is 2. The Morgan fingerprint density at radius 1 is 1.12 bits per heavy atom. The van der Waals surface area contributed by atoms with Crippen molar-refractivity contribution in [3.8, 4) is 0 Å². The molecular formula is C15H27NO. The van der Waals surface area contributed by atoms with Gasteiger partial charge in [0.25, 0.3) is 0 Å². The molecule has 98 valence electrons. The van der Waals surface area contributed by atoms with E-state index in [9.17, 15) is 0 Å². The first-order valence-corrected chi connectivity index (χ1v) is 7.51. The van der Waals surface area contributed by atoms with Crippen LogP contribution in [-0.4, -0.2) is 24.8 Å². The first-order valence-electron chi connectivity index (χ1n) is 7.51. The minimum Gasteiger partial charge on any atom is -0.375 e. The van der Waals surface area contributed by atoms with Crippen LogP contribution >= 0.6 is 0 Å². The van der Waals surface area contributed by atoms with Crippen LogP contribution in [0.3, 0.4) is 0 Å². The lowest BCUT2D eigenvalue weighted by Crippen LogP contribution is -2.45. The maximum atomic E-state index is 5.78. The summed E-state index contributed by atoms with van der Waals surface area (Å²) in [5.41, 5.74) is 0.0879. The Hall–Kier alpha value is -0.0800. The van der Waals surface area contributed by atoms with Crippen LogP contribution in [0.4, 0.5) is 0 Å². The maximum absolute atomic E-state index is 5.78. The normalized spacial score (nSPS) is 33.0. The van der Waals surface area contributed by atoms with Crippen molar-refractivity contribution in [3.63, 3.8) is 0 Å². The number of nitrogens with one attached hydrogen (secondary N) is 1. The Morgan fingerprint density at radius 3 is 2.29 bits per heavy atom. The van der Waals surface area contributed by atoms with Crippen LogP contribution in [0.5, 0.6) is 0 Å². The molecule has 3 aliphatic rings. The Balaban J connectivity index is 1.46. The summed E-state index contributed by atoms with van der Waals surface area (Å²) in [5.74, 6) is 3.15. The molecule has 2 saturated carbocycles. The topological polar surface area (TPSA) is 21.3 Å². The van der Waals surface area contributed by atoms with Gasteiger partial charge in [-0.15, -0.1) is 0 Å². The van der Waals surface area contributed by atoms with Crippen LogP contribution in [0.15, 0.2) is 0 Å². The standard InChI is InChI=1S/C15H27NO/c1-15(2)9-13(7-8-17-15)16-10-14(11-3-4-11)12-5-6-12/h11-14,16H,3-10H2,1-2H3. The molecule has 2 aliphatic carbocycles. The highest BCUT2D eigenvalue weighted by atomic mass is 16.5. The van der Waals surface area contributed by atoms with Crippen molar-refractivity contribution in [1.82, 2.24) is 5.32 Å². The zero-order valence-corrected chi connectivity index (χ0v) is 11.4. The van der Waals surface area contributed by atoms with E-state index in [2.05, 4.69) is 19.2 Å². The molecule has 2 heteroatoms. The molecule has 3 fully saturated rings. The van der Waals surface area contributed by atoms with Crippen molar-refractivity contribution in [2.24, 2.45) is 17.8 Å². The second-order valence-electron chi connectivity index (χ2n) is 7.04. The van der Waals surface area contributed by atoms with Gasteiger partial charge >= 0.3 is 0 Å². The van der Waals surface area contributed by atoms with Gasteiger partial charge in [-0.1, -0.05) is 0 Å². The minimum absolute atomic E-state index is 0.0879. The van der Waals surface area contributed by atoms with Gasteiger partial charge in [0.2, 0.25) is 0 Å². The van der Waals surface area contributed by atoms with Crippen molar-refractivity contribution in [1.29, 1.82) is 0 Å². The third-order valence-corrected chi connectivity index (χ3v) is 4.79. The lowest BCUT2D eigenvalue weighted by Gasteiger charge is -2.36. The summed E-state index contributed by atoms with van der Waals surface area (Å²) in [4.78, 5) is 0. The van der Waals surface area contributed by atoms with Crippen molar-refractivity contribution in [3.05, 3.63) is 0 Å². The van der Waals surface area contributed by atoms with Gasteiger partial charge in [0.15, 0.2) is 0 Å². The molecule has 1 aliphatic heterocycles. The molecule has 0 amide bonds. The van der Waals surface area contributed by atoms with Gasteiger partial charge < -0.3 is 10.1 Å². The summed E-state index contributed by atoms with van der Waals surface area (Å²) in [7, 11) is 0. The van der Waals surface area contributed by atoms with E-state index in [0.29, 0.717) is 6.04 Å². The van der Waals surface area contributed by atoms with Crippen LogP contribution in [0.2, 0.25) is 0 Å². The molecular weight excluding hydrogens is 210 g/mol. The summed E-state index contributed by atoms with van der Waals surface area (Å²) in [6.45, 7) is 6.65. The monoisotopic (exact) mass is 237 g/mol. The van der Waals surface area contributed by atoms with E-state index < -0.39 is 0 Å². The fourth-order valence-electron chi connectivity index (χ4n) is 3.48. The zero-order chi connectivity index (χ0) is 11.9. The van der Waals surface area contributed by atoms with Crippen molar-refractivity contribution >= 4 is 0 Å². The molecule has 1 atom stereocenters. The molecule has 0 bridgehead atoms. The molecule has 0 spiro atoms. The van der Waals surface area contributed by atoms with E-state index in [4.69, 9.17) is 4.74 Å². The number of rotatable bonds is 5. The largest absolute Gasteiger partial charge is 0.375 e. The Bertz CT molecular complexity index is 256. The summed E-state index contributed by atoms with van der Waals surface area (Å²) in [6, 6.07) is 0.693. The lowest BCUT2D eigenvalue weighted by atomic mass is 9.92. The van der Waals surface area contributed by atoms with Gasteiger partial charge in [-0.3, -0.25) is 0 Å². The van der Waals surface area contributed by atoms with Crippen molar-refractivity contribution in [2.75, 3.05) is 13.2 Å². The molecule has 1 heterocycles. The third kappa shape index (κ3) is 3.23. The van der Waals surface area contributed by atoms with Crippen LogP contribution in [0, 0.1) is 17.8 Å². The van der Waals surface area contributed by atoms with E-state index in [-0.39, 0.29) is 5.60 Å². The fourth-order valence-corrected chi connectivity index (χ4v) is 3.48. The van der Waals surface area contributed by atoms with Gasteiger partial charge in [0, 0.05) is 12.6 Å². The minimum atomic E-state index is 0.0879. The Labute approximate surface area is 105 Å². The average Bonchev–Trinajstić information content (AvgIpc) is 3.12. The van der Waals surface area contributed by atoms with Gasteiger partial charge in [0.05, 0.1) is 5.60 Å². The van der Waals surface area contributed by atoms with E-state index >= 15 is 0 Å². The molecule has 1 unspecified atom stereocenters. The molecule has 0 aromatic heterocycles. The third-order valence-electron chi connectivity index (χ3n) is 4.79. The second kappa shape index (κ2) is 4.55. The summed E-state index contributed by atoms with van der Waals surface area (Å²) in [6.07, 6.45) is 8.38. The zero-order valence-electron chi connectivity index (χ0n) is 11.4. The highest BCUT2D eigenvalue weighted by molar-refractivity contribution is 4.93. The maximum Gasteiger partial charge on any atom is 0.0641 e. The van der Waals surface area contributed by atoms with Gasteiger partial charge in [-0.05, 0) is 76.7 Å². The van der Waals surface area contributed by atoms with Gasteiger partial charge in [-0.2, -0.15) is 0 Å². The van der Waals surface area contributed by atoms with Crippen LogP contribution in [-0.2, 0) is 4.74 Å². The highest BCUT2D eigenvalue weighted by Gasteiger charge is 2.41. The quantitative estimate of drug-likeness (QED) is 0.793. The first kappa shape index (κ1) is 12.0. The summed E-state index contributed by atoms with van der Waals surface area (Å²) < 4.78 is 5.78. The van der Waals surface area contributed by atoms with Gasteiger partial charge in [-0.25, -0.2) is 0 Å². The molecule has 0 aromatic rings. The SMILES string of the molecule is CC1(C)CC(NCC(C2CC2)C2CC2)CCO1. The lowest BCUT2D eigenvalue weighted by molar-refractivity contribution is -0.0633. The number of hydrogen-bond donors (Lipinski definition) is 1. The number of ether oxygens (including phenoxy) is 1. The highest BCUT2D eigenvalue weighted by Crippen LogP contribution is 2.48. The van der Waals surface area contributed by atoms with E-state index in [1.807, 2.05) is 0 Å². The Morgan fingerprint density at radius 2 is 1.76 bits per heavy atom. The Kier molecular flexibility index (Phi) is 3.20. The van der Waals surface area contributed by atoms with Gasteiger partial charge in [0.1, 0.15) is 0 Å². The summed E-state index contributed by atoms with van der Waals surface area (Å²) in [5, 5.41) is 3.84. The molecule has 17 heavy (non-hydrogen) atoms. The predicted octanol–water partition coefficient (Wildman–Crippen LogP) is 2.97. The molecule has 0 radical (unpaired) electrons. The van der Waals surface area contributed by atoms with Crippen LogP contribution in [0.25, 0.3) is 0 Å². The fraction of sp³-hybridized carbons (Fsp3) is 1.00. The first-order chi connectivity index (χ1) is 8.14. The van der Waals surface area contributed by atoms with Crippen molar-refractivity contribution < 1.29 is 4.74 Å². The molecule has 0 aromatic carbocycles.